The van der Waals surface area contributed by atoms with Crippen molar-refractivity contribution in [1.29, 1.82) is 0 Å². The molecule has 0 atom stereocenters. The Morgan fingerprint density at radius 2 is 1.48 bits per heavy atom. The minimum absolute atomic E-state index is 0.0920. The predicted octanol–water partition coefficient (Wildman–Crippen LogP) is 4.44. The SMILES string of the molecule is O=C(NNC(=O)c1ccc(-c2ccc(Br)cc2)o1)c1ccc(Cl)cc1. The van der Waals surface area contributed by atoms with Crippen LogP contribution in [0.15, 0.2) is 69.6 Å². The number of amides is 2. The molecule has 0 spiro atoms. The Hall–Kier alpha value is -2.57. The van der Waals surface area contributed by atoms with Gasteiger partial charge >= 0.3 is 5.91 Å². The maximum atomic E-state index is 12.1. The van der Waals surface area contributed by atoms with Gasteiger partial charge in [0.25, 0.3) is 5.91 Å². The van der Waals surface area contributed by atoms with Gasteiger partial charge in [0.15, 0.2) is 5.76 Å². The highest BCUT2D eigenvalue weighted by Crippen LogP contribution is 2.23. The Balaban J connectivity index is 1.63. The van der Waals surface area contributed by atoms with Crippen molar-refractivity contribution in [3.63, 3.8) is 0 Å². The summed E-state index contributed by atoms with van der Waals surface area (Å²) in [5, 5.41) is 0.525. The quantitative estimate of drug-likeness (QED) is 0.617. The number of carbonyl (C=O) groups is 2. The van der Waals surface area contributed by atoms with E-state index in [1.807, 2.05) is 24.3 Å². The van der Waals surface area contributed by atoms with E-state index in [9.17, 15) is 9.59 Å². The summed E-state index contributed by atoms with van der Waals surface area (Å²) in [7, 11) is 0. The lowest BCUT2D eigenvalue weighted by Gasteiger charge is -2.06. The zero-order chi connectivity index (χ0) is 17.8. The van der Waals surface area contributed by atoms with Crippen molar-refractivity contribution < 1.29 is 14.0 Å². The van der Waals surface area contributed by atoms with E-state index in [-0.39, 0.29) is 5.76 Å². The average Bonchev–Trinajstić information content (AvgIpc) is 3.11. The third-order valence-electron chi connectivity index (χ3n) is 3.35. The second-order valence-corrected chi connectivity index (χ2v) is 6.44. The molecule has 1 heterocycles. The van der Waals surface area contributed by atoms with Crippen LogP contribution in [0.1, 0.15) is 20.9 Å². The summed E-state index contributed by atoms with van der Waals surface area (Å²) in [6.45, 7) is 0. The Bertz CT molecular complexity index is 905. The number of hydrazine groups is 1. The standard InChI is InChI=1S/C18H12BrClN2O3/c19-13-5-1-11(2-6-13)15-9-10-16(25-15)18(24)22-21-17(23)12-3-7-14(20)8-4-12/h1-10H,(H,21,23)(H,22,24). The van der Waals surface area contributed by atoms with Crippen molar-refractivity contribution in [3.8, 4) is 11.3 Å². The first-order valence-electron chi connectivity index (χ1n) is 7.25. The summed E-state index contributed by atoms with van der Waals surface area (Å²) in [5.74, 6) is -0.355. The fourth-order valence-electron chi connectivity index (χ4n) is 2.08. The first kappa shape index (κ1) is 17.3. The molecule has 0 aliphatic rings. The monoisotopic (exact) mass is 418 g/mol. The van der Waals surface area contributed by atoms with E-state index in [2.05, 4.69) is 26.8 Å². The first-order chi connectivity index (χ1) is 12.0. The summed E-state index contributed by atoms with van der Waals surface area (Å²) in [6.07, 6.45) is 0. The lowest BCUT2D eigenvalue weighted by Crippen LogP contribution is -2.41. The molecule has 0 saturated carbocycles. The molecular formula is C18H12BrClN2O3. The smallest absolute Gasteiger partial charge is 0.305 e. The molecule has 0 unspecified atom stereocenters. The van der Waals surface area contributed by atoms with E-state index >= 15 is 0 Å². The highest BCUT2D eigenvalue weighted by atomic mass is 79.9. The molecule has 25 heavy (non-hydrogen) atoms. The molecule has 0 fully saturated rings. The normalized spacial score (nSPS) is 10.3. The van der Waals surface area contributed by atoms with Crippen LogP contribution in [0.2, 0.25) is 5.02 Å². The van der Waals surface area contributed by atoms with Crippen molar-refractivity contribution in [2.45, 2.75) is 0 Å². The van der Waals surface area contributed by atoms with E-state index in [0.717, 1.165) is 10.0 Å². The molecule has 0 aliphatic heterocycles. The Morgan fingerprint density at radius 3 is 2.16 bits per heavy atom. The maximum absolute atomic E-state index is 12.1. The molecule has 2 amide bonds. The number of nitrogens with one attached hydrogen (secondary N) is 2. The van der Waals surface area contributed by atoms with Gasteiger partial charge in [0.2, 0.25) is 0 Å². The van der Waals surface area contributed by atoms with Crippen LogP contribution in [0.4, 0.5) is 0 Å². The molecule has 1 aromatic heterocycles. The van der Waals surface area contributed by atoms with E-state index < -0.39 is 11.8 Å². The summed E-state index contributed by atoms with van der Waals surface area (Å²) in [6, 6.07) is 17.0. The van der Waals surface area contributed by atoms with E-state index in [1.165, 1.54) is 0 Å². The number of hydrogen-bond donors (Lipinski definition) is 2. The fraction of sp³-hybridized carbons (Fsp3) is 0. The molecule has 3 aromatic rings. The number of furan rings is 1. The van der Waals surface area contributed by atoms with Gasteiger partial charge in [-0.2, -0.15) is 0 Å². The van der Waals surface area contributed by atoms with Crippen LogP contribution >= 0.6 is 27.5 Å². The molecule has 126 valence electrons. The van der Waals surface area contributed by atoms with Crippen molar-refractivity contribution in [3.05, 3.63) is 81.5 Å². The average molecular weight is 420 g/mol. The second kappa shape index (κ2) is 7.55. The van der Waals surface area contributed by atoms with E-state index in [0.29, 0.717) is 16.3 Å². The number of hydrogen-bond acceptors (Lipinski definition) is 3. The topological polar surface area (TPSA) is 71.3 Å². The zero-order valence-electron chi connectivity index (χ0n) is 12.8. The van der Waals surface area contributed by atoms with E-state index in [1.54, 1.807) is 36.4 Å². The van der Waals surface area contributed by atoms with Gasteiger partial charge in [0.1, 0.15) is 5.76 Å². The summed E-state index contributed by atoms with van der Waals surface area (Å²) < 4.78 is 6.48. The van der Waals surface area contributed by atoms with Crippen molar-refractivity contribution in [2.24, 2.45) is 0 Å². The van der Waals surface area contributed by atoms with Gasteiger partial charge in [0.05, 0.1) is 0 Å². The molecule has 5 nitrogen and oxygen atoms in total. The largest absolute Gasteiger partial charge is 0.451 e. The van der Waals surface area contributed by atoms with Crippen LogP contribution in [0.25, 0.3) is 11.3 Å². The van der Waals surface area contributed by atoms with E-state index in [4.69, 9.17) is 16.0 Å². The summed E-state index contributed by atoms with van der Waals surface area (Å²) >= 11 is 9.13. The van der Waals surface area contributed by atoms with Crippen LogP contribution < -0.4 is 10.9 Å². The summed E-state index contributed by atoms with van der Waals surface area (Å²) in [5.41, 5.74) is 5.85. The highest BCUT2D eigenvalue weighted by molar-refractivity contribution is 9.10. The highest BCUT2D eigenvalue weighted by Gasteiger charge is 2.13. The lowest BCUT2D eigenvalue weighted by molar-refractivity contribution is 0.0831. The first-order valence-corrected chi connectivity index (χ1v) is 8.42. The third kappa shape index (κ3) is 4.29. The fourth-order valence-corrected chi connectivity index (χ4v) is 2.47. The molecular weight excluding hydrogens is 408 g/mol. The number of carbonyl (C=O) groups excluding carboxylic acids is 2. The van der Waals surface area contributed by atoms with Gasteiger partial charge in [-0.15, -0.1) is 0 Å². The molecule has 0 bridgehead atoms. The van der Waals surface area contributed by atoms with Gasteiger partial charge in [0, 0.05) is 20.6 Å². The molecule has 7 heteroatoms. The third-order valence-corrected chi connectivity index (χ3v) is 4.14. The lowest BCUT2D eigenvalue weighted by atomic mass is 10.2. The van der Waals surface area contributed by atoms with Gasteiger partial charge in [-0.1, -0.05) is 39.7 Å². The molecule has 2 aromatic carbocycles. The van der Waals surface area contributed by atoms with Crippen LogP contribution in [-0.2, 0) is 0 Å². The van der Waals surface area contributed by atoms with Gasteiger partial charge in [-0.25, -0.2) is 0 Å². The number of rotatable bonds is 3. The second-order valence-electron chi connectivity index (χ2n) is 5.09. The van der Waals surface area contributed by atoms with Crippen LogP contribution in [0, 0.1) is 0 Å². The maximum Gasteiger partial charge on any atom is 0.305 e. The molecule has 3 rings (SSSR count). The minimum Gasteiger partial charge on any atom is -0.451 e. The van der Waals surface area contributed by atoms with Gasteiger partial charge in [-0.3, -0.25) is 20.4 Å². The van der Waals surface area contributed by atoms with Gasteiger partial charge in [-0.05, 0) is 48.5 Å². The Labute approximate surface area is 157 Å². The van der Waals surface area contributed by atoms with Crippen molar-refractivity contribution in [1.82, 2.24) is 10.9 Å². The van der Waals surface area contributed by atoms with Crippen LogP contribution in [-0.4, -0.2) is 11.8 Å². The molecule has 0 radical (unpaired) electrons. The Morgan fingerprint density at radius 1 is 0.840 bits per heavy atom. The Kier molecular flexibility index (Phi) is 5.21. The molecule has 2 N–H and O–H groups in total. The molecule has 0 aliphatic carbocycles. The van der Waals surface area contributed by atoms with Crippen LogP contribution in [0.5, 0.6) is 0 Å². The minimum atomic E-state index is -0.550. The predicted molar refractivity (Wildman–Crippen MR) is 98.2 cm³/mol. The molecule has 0 saturated heterocycles. The van der Waals surface area contributed by atoms with Gasteiger partial charge < -0.3 is 4.42 Å². The van der Waals surface area contributed by atoms with Crippen LogP contribution in [0.3, 0.4) is 0 Å². The summed E-state index contributed by atoms with van der Waals surface area (Å²) in [4.78, 5) is 24.0. The van der Waals surface area contributed by atoms with Crippen molar-refractivity contribution in [2.75, 3.05) is 0 Å². The number of benzene rings is 2. The van der Waals surface area contributed by atoms with Crippen molar-refractivity contribution >= 4 is 39.3 Å². The number of halogens is 2. The zero-order valence-corrected chi connectivity index (χ0v) is 15.1.